The average molecular weight is 626 g/mol. The van der Waals surface area contributed by atoms with Crippen molar-refractivity contribution >= 4 is 50.6 Å². The minimum atomic E-state index is -0.881. The number of nitrogens with zero attached hydrogens (tertiary/aromatic N) is 5. The topological polar surface area (TPSA) is 165 Å². The number of likely N-dealkylation sites (N-methyl/N-ethyl adjacent to an activating group) is 1. The molecule has 1 saturated heterocycles. The number of aromatic nitrogens is 1. The van der Waals surface area contributed by atoms with Crippen LogP contribution in [0.3, 0.4) is 0 Å². The van der Waals surface area contributed by atoms with Crippen molar-refractivity contribution in [2.75, 3.05) is 66.6 Å². The van der Waals surface area contributed by atoms with Gasteiger partial charge in [0.15, 0.2) is 5.13 Å². The summed E-state index contributed by atoms with van der Waals surface area (Å²) in [6, 6.07) is 11.3. The zero-order valence-corrected chi connectivity index (χ0v) is 26.1. The van der Waals surface area contributed by atoms with Crippen molar-refractivity contribution in [2.45, 2.75) is 19.0 Å². The molecule has 1 aliphatic heterocycles. The Balaban J connectivity index is 1.54. The third-order valence-corrected chi connectivity index (χ3v) is 7.96. The van der Waals surface area contributed by atoms with E-state index >= 15 is 0 Å². The summed E-state index contributed by atoms with van der Waals surface area (Å²) in [7, 11) is 6.90. The van der Waals surface area contributed by atoms with E-state index in [4.69, 9.17) is 10.5 Å². The van der Waals surface area contributed by atoms with Crippen molar-refractivity contribution in [3.05, 3.63) is 53.6 Å². The molecule has 1 atom stereocenters. The minimum Gasteiger partial charge on any atom is -0.410 e. The van der Waals surface area contributed by atoms with Gasteiger partial charge >= 0.3 is 12.1 Å². The quantitative estimate of drug-likeness (QED) is 0.272. The van der Waals surface area contributed by atoms with Crippen LogP contribution in [0.1, 0.15) is 11.1 Å². The first-order valence-electron chi connectivity index (χ1n) is 14.2. The Labute approximate surface area is 260 Å². The molecule has 2 aromatic carbocycles. The van der Waals surface area contributed by atoms with Crippen LogP contribution in [0.15, 0.2) is 42.5 Å². The van der Waals surface area contributed by atoms with Crippen molar-refractivity contribution in [3.63, 3.8) is 0 Å². The molecule has 1 aliphatic rings. The maximum absolute atomic E-state index is 14.1. The third kappa shape index (κ3) is 8.55. The number of hydrazine groups is 1. The number of carbonyl (C=O) groups is 4. The summed E-state index contributed by atoms with van der Waals surface area (Å²) < 4.78 is 6.26. The number of hydrogen-bond donors (Lipinski definition) is 4. The average Bonchev–Trinajstić information content (AvgIpc) is 3.40. The summed E-state index contributed by atoms with van der Waals surface area (Å²) >= 11 is 1.37. The number of para-hydroxylation sites is 1. The lowest BCUT2D eigenvalue weighted by atomic mass is 10.0. The van der Waals surface area contributed by atoms with E-state index in [2.05, 4.69) is 20.9 Å². The van der Waals surface area contributed by atoms with Crippen LogP contribution in [0.4, 0.5) is 14.7 Å². The monoisotopic (exact) mass is 625 g/mol. The molecular formula is C29H39N9O5S. The number of fused-ring (bicyclic) bond motifs is 1. The van der Waals surface area contributed by atoms with Crippen LogP contribution in [-0.4, -0.2) is 116 Å². The number of urea groups is 1. The number of nitrogens with one attached hydrogen (secondary N) is 3. The fraction of sp³-hybridized carbons (Fsp3) is 0.414. The number of benzene rings is 2. The van der Waals surface area contributed by atoms with Crippen LogP contribution in [0.5, 0.6) is 5.75 Å². The molecule has 0 unspecified atom stereocenters. The molecule has 1 fully saturated rings. The maximum atomic E-state index is 14.1. The first-order chi connectivity index (χ1) is 21.0. The van der Waals surface area contributed by atoms with E-state index in [-0.39, 0.29) is 44.5 Å². The summed E-state index contributed by atoms with van der Waals surface area (Å²) in [5.74, 6) is -0.320. The summed E-state index contributed by atoms with van der Waals surface area (Å²) in [6.45, 7) is 1.74. The lowest BCUT2D eigenvalue weighted by Gasteiger charge is -2.32. The number of anilines is 1. The molecule has 44 heavy (non-hydrogen) atoms. The predicted molar refractivity (Wildman–Crippen MR) is 168 cm³/mol. The number of nitrogen functional groups attached to an aromatic ring is 1. The molecule has 14 nitrogen and oxygen atoms in total. The second-order valence-electron chi connectivity index (χ2n) is 10.6. The highest BCUT2D eigenvalue weighted by molar-refractivity contribution is 7.22. The normalized spacial score (nSPS) is 16.2. The van der Waals surface area contributed by atoms with Crippen molar-refractivity contribution < 1.29 is 23.9 Å². The molecule has 0 radical (unpaired) electrons. The van der Waals surface area contributed by atoms with E-state index in [1.807, 2.05) is 37.2 Å². The minimum absolute atomic E-state index is 0.116. The SMILES string of the molecule is CNC(=O)N(C)N1CCN(Cc2cccc3sc(N)nc23)C(=O)[C@H](Cc2ccc(OC(=O)NCCN(C)C)cc2)NC(=O)C1. The summed E-state index contributed by atoms with van der Waals surface area (Å²) in [6.07, 6.45) is -0.354. The van der Waals surface area contributed by atoms with Gasteiger partial charge in [-0.3, -0.25) is 14.6 Å². The Morgan fingerprint density at radius 3 is 2.59 bits per heavy atom. The van der Waals surface area contributed by atoms with Gasteiger partial charge in [0.25, 0.3) is 0 Å². The van der Waals surface area contributed by atoms with E-state index < -0.39 is 18.0 Å². The number of thiazole rings is 1. The van der Waals surface area contributed by atoms with Crippen molar-refractivity contribution in [2.24, 2.45) is 0 Å². The van der Waals surface area contributed by atoms with Gasteiger partial charge in [-0.05, 0) is 43.4 Å². The molecule has 3 aromatic rings. The number of hydrogen-bond acceptors (Lipinski definition) is 10. The highest BCUT2D eigenvalue weighted by Gasteiger charge is 2.31. The van der Waals surface area contributed by atoms with Crippen LogP contribution >= 0.6 is 11.3 Å². The number of amides is 5. The Bertz CT molecular complexity index is 1480. The smallest absolute Gasteiger partial charge is 0.410 e. The lowest BCUT2D eigenvalue weighted by molar-refractivity contribution is -0.136. The van der Waals surface area contributed by atoms with Gasteiger partial charge in [0.2, 0.25) is 11.8 Å². The molecule has 0 bridgehead atoms. The number of ether oxygens (including phenoxy) is 1. The van der Waals surface area contributed by atoms with E-state index in [1.54, 1.807) is 41.2 Å². The molecular weight excluding hydrogens is 586 g/mol. The molecule has 1 aromatic heterocycles. The Morgan fingerprint density at radius 1 is 1.14 bits per heavy atom. The molecule has 5 amide bonds. The van der Waals surface area contributed by atoms with Crippen LogP contribution < -0.4 is 26.4 Å². The highest BCUT2D eigenvalue weighted by Crippen LogP contribution is 2.27. The zero-order chi connectivity index (χ0) is 31.8. The van der Waals surface area contributed by atoms with E-state index in [0.717, 1.165) is 21.3 Å². The van der Waals surface area contributed by atoms with Gasteiger partial charge in [0.1, 0.15) is 11.8 Å². The first kappa shape index (κ1) is 32.4. The number of nitrogens with two attached hydrogens (primary N) is 1. The maximum Gasteiger partial charge on any atom is 0.412 e. The van der Waals surface area contributed by atoms with E-state index in [1.165, 1.54) is 23.4 Å². The fourth-order valence-corrected chi connectivity index (χ4v) is 5.55. The van der Waals surface area contributed by atoms with Gasteiger partial charge in [0, 0.05) is 53.2 Å². The largest absolute Gasteiger partial charge is 0.412 e. The second kappa shape index (κ2) is 14.8. The standard InChI is InChI=1S/C29H39N9O5S/c1-31-28(41)36(4)38-15-14-37(17-20-6-5-7-23-25(20)34-27(30)44-23)26(40)22(33-24(39)18-38)16-19-8-10-21(11-9-19)43-29(42)32-12-13-35(2)3/h5-11,22H,12-18H2,1-4H3,(H2,30,34)(H,31,41)(H,32,42)(H,33,39)/t22-/m0/s1. The summed E-state index contributed by atoms with van der Waals surface area (Å²) in [4.78, 5) is 59.7. The number of carbonyl (C=O) groups excluding carboxylic acids is 4. The fourth-order valence-electron chi connectivity index (χ4n) is 4.76. The lowest BCUT2D eigenvalue weighted by Crippen LogP contribution is -2.52. The molecule has 0 saturated carbocycles. The van der Waals surface area contributed by atoms with Crippen molar-refractivity contribution in [1.82, 2.24) is 40.8 Å². The van der Waals surface area contributed by atoms with Gasteiger partial charge in [-0.15, -0.1) is 0 Å². The Hall–Kier alpha value is -4.47. The van der Waals surface area contributed by atoms with Crippen LogP contribution in [-0.2, 0) is 22.6 Å². The van der Waals surface area contributed by atoms with Gasteiger partial charge in [0.05, 0.1) is 16.8 Å². The molecule has 4 rings (SSSR count). The van der Waals surface area contributed by atoms with Crippen molar-refractivity contribution in [3.8, 4) is 5.75 Å². The van der Waals surface area contributed by atoms with Gasteiger partial charge < -0.3 is 36.2 Å². The van der Waals surface area contributed by atoms with Crippen LogP contribution in [0, 0.1) is 0 Å². The van der Waals surface area contributed by atoms with Crippen LogP contribution in [0.2, 0.25) is 0 Å². The second-order valence-corrected chi connectivity index (χ2v) is 11.7. The Morgan fingerprint density at radius 2 is 1.89 bits per heavy atom. The first-order valence-corrected chi connectivity index (χ1v) is 15.0. The van der Waals surface area contributed by atoms with Gasteiger partial charge in [-0.25, -0.2) is 19.6 Å². The molecule has 0 spiro atoms. The molecule has 5 N–H and O–H groups in total. The van der Waals surface area contributed by atoms with E-state index in [0.29, 0.717) is 24.0 Å². The Kier molecular flexibility index (Phi) is 10.9. The zero-order valence-electron chi connectivity index (χ0n) is 25.3. The highest BCUT2D eigenvalue weighted by atomic mass is 32.1. The predicted octanol–water partition coefficient (Wildman–Crippen LogP) is 1.09. The molecule has 0 aliphatic carbocycles. The van der Waals surface area contributed by atoms with Crippen molar-refractivity contribution in [1.29, 1.82) is 0 Å². The molecule has 236 valence electrons. The van der Waals surface area contributed by atoms with Crippen LogP contribution in [0.25, 0.3) is 10.2 Å². The number of rotatable bonds is 9. The van der Waals surface area contributed by atoms with Gasteiger partial charge in [-0.2, -0.15) is 0 Å². The van der Waals surface area contributed by atoms with E-state index in [9.17, 15) is 19.2 Å². The van der Waals surface area contributed by atoms with Gasteiger partial charge in [-0.1, -0.05) is 35.6 Å². The summed E-state index contributed by atoms with van der Waals surface area (Å²) in [5.41, 5.74) is 8.28. The summed E-state index contributed by atoms with van der Waals surface area (Å²) in [5, 5.41) is 11.5. The third-order valence-electron chi connectivity index (χ3n) is 7.11. The molecule has 2 heterocycles. The molecule has 15 heteroatoms.